The van der Waals surface area contributed by atoms with Gasteiger partial charge in [-0.15, -0.1) is 0 Å². The van der Waals surface area contributed by atoms with Gasteiger partial charge in [-0.2, -0.15) is 0 Å². The molecule has 0 saturated carbocycles. The highest BCUT2D eigenvalue weighted by Crippen LogP contribution is 2.21. The fourth-order valence-electron chi connectivity index (χ4n) is 4.07. The van der Waals surface area contributed by atoms with Crippen molar-refractivity contribution in [1.82, 2.24) is 10.3 Å². The van der Waals surface area contributed by atoms with Gasteiger partial charge < -0.3 is 15.8 Å². The van der Waals surface area contributed by atoms with E-state index in [4.69, 9.17) is 10.5 Å². The van der Waals surface area contributed by atoms with Gasteiger partial charge in [-0.25, -0.2) is 13.8 Å². The van der Waals surface area contributed by atoms with E-state index < -0.39 is 23.6 Å². The molecule has 8 heteroatoms. The molecule has 3 aromatic carbocycles. The number of rotatable bonds is 11. The molecule has 0 spiro atoms. The summed E-state index contributed by atoms with van der Waals surface area (Å²) in [7, 11) is 0. The number of pyridine rings is 1. The number of carbonyl (C=O) groups excluding carboxylic acids is 2. The molecule has 37 heavy (non-hydrogen) atoms. The van der Waals surface area contributed by atoms with E-state index in [1.54, 1.807) is 6.20 Å². The standard InChI is InChI=1S/C29H27F2N3O3/c30-24-10-7-21(15-25(24)31)16-26(34-28(36)18-37-17-20-4-2-1-3-5-20)27(35)11-8-19-6-9-23-22(14-19)12-13-33-29(23)32/h1-7,9-10,12-15,26H,8,11,16-18H2,(H2,32,33)(H,34,36)/t26-/m0/s1. The highest BCUT2D eigenvalue weighted by Gasteiger charge is 2.22. The summed E-state index contributed by atoms with van der Waals surface area (Å²) in [5, 5.41) is 4.45. The third-order valence-electron chi connectivity index (χ3n) is 6.01. The van der Waals surface area contributed by atoms with Crippen LogP contribution in [-0.4, -0.2) is 29.3 Å². The molecule has 4 rings (SSSR count). The molecule has 1 heterocycles. The summed E-state index contributed by atoms with van der Waals surface area (Å²) in [6.07, 6.45) is 2.23. The molecule has 1 amide bonds. The second-order valence-electron chi connectivity index (χ2n) is 8.77. The number of ether oxygens (including phenoxy) is 1. The number of ketones is 1. The number of nitrogens with one attached hydrogen (secondary N) is 1. The summed E-state index contributed by atoms with van der Waals surface area (Å²) in [4.78, 5) is 29.8. The van der Waals surface area contributed by atoms with Crippen molar-refractivity contribution in [2.24, 2.45) is 0 Å². The van der Waals surface area contributed by atoms with Crippen LogP contribution in [0.4, 0.5) is 14.6 Å². The SMILES string of the molecule is Nc1nccc2cc(CCC(=O)[C@H](Cc3ccc(F)c(F)c3)NC(=O)COCc3ccccc3)ccc12. The second-order valence-corrected chi connectivity index (χ2v) is 8.77. The number of amides is 1. The Bertz CT molecular complexity index is 1400. The van der Waals surface area contributed by atoms with Crippen molar-refractivity contribution in [3.8, 4) is 0 Å². The minimum absolute atomic E-state index is 0.0282. The third-order valence-corrected chi connectivity index (χ3v) is 6.01. The lowest BCUT2D eigenvalue weighted by Crippen LogP contribution is -2.44. The zero-order valence-electron chi connectivity index (χ0n) is 20.1. The molecule has 1 atom stereocenters. The van der Waals surface area contributed by atoms with Crippen molar-refractivity contribution < 1.29 is 23.1 Å². The van der Waals surface area contributed by atoms with Gasteiger partial charge in [0.2, 0.25) is 5.91 Å². The number of anilines is 1. The van der Waals surface area contributed by atoms with E-state index in [1.807, 2.05) is 54.6 Å². The van der Waals surface area contributed by atoms with Crippen molar-refractivity contribution >= 4 is 28.3 Å². The van der Waals surface area contributed by atoms with Crippen LogP contribution in [-0.2, 0) is 33.8 Å². The Kier molecular flexibility index (Phi) is 8.53. The maximum atomic E-state index is 13.8. The Balaban J connectivity index is 1.41. The molecule has 0 bridgehead atoms. The van der Waals surface area contributed by atoms with Crippen LogP contribution in [0.15, 0.2) is 79.0 Å². The van der Waals surface area contributed by atoms with Crippen LogP contribution in [0.1, 0.15) is 23.1 Å². The first-order chi connectivity index (χ1) is 17.9. The number of benzene rings is 3. The highest BCUT2D eigenvalue weighted by atomic mass is 19.2. The average Bonchev–Trinajstić information content (AvgIpc) is 2.89. The molecule has 3 N–H and O–H groups in total. The largest absolute Gasteiger partial charge is 0.383 e. The fraction of sp³-hybridized carbons (Fsp3) is 0.207. The Hall–Kier alpha value is -4.17. The van der Waals surface area contributed by atoms with Crippen molar-refractivity contribution in [3.05, 3.63) is 107 Å². The van der Waals surface area contributed by atoms with Crippen LogP contribution in [0.5, 0.6) is 0 Å². The van der Waals surface area contributed by atoms with Crippen molar-refractivity contribution in [1.29, 1.82) is 0 Å². The average molecular weight is 504 g/mol. The Morgan fingerprint density at radius 3 is 2.49 bits per heavy atom. The molecule has 190 valence electrons. The van der Waals surface area contributed by atoms with Gasteiger partial charge >= 0.3 is 0 Å². The first-order valence-electron chi connectivity index (χ1n) is 11.9. The molecule has 4 aromatic rings. The van der Waals surface area contributed by atoms with E-state index in [1.165, 1.54) is 6.07 Å². The quantitative estimate of drug-likeness (QED) is 0.313. The van der Waals surface area contributed by atoms with E-state index >= 15 is 0 Å². The van der Waals surface area contributed by atoms with Crippen LogP contribution in [0.3, 0.4) is 0 Å². The minimum Gasteiger partial charge on any atom is -0.383 e. The van der Waals surface area contributed by atoms with Crippen LogP contribution < -0.4 is 11.1 Å². The van der Waals surface area contributed by atoms with E-state index in [9.17, 15) is 18.4 Å². The number of nitrogens with zero attached hydrogens (tertiary/aromatic N) is 1. The summed E-state index contributed by atoms with van der Waals surface area (Å²) in [5.74, 6) is -2.24. The zero-order chi connectivity index (χ0) is 26.2. The second kappa shape index (κ2) is 12.2. The van der Waals surface area contributed by atoms with Crippen LogP contribution in [0, 0.1) is 11.6 Å². The van der Waals surface area contributed by atoms with Gasteiger partial charge in [0, 0.05) is 18.0 Å². The normalized spacial score (nSPS) is 11.8. The number of nitrogen functional groups attached to an aromatic ring is 1. The summed E-state index contributed by atoms with van der Waals surface area (Å²) in [6.45, 7) is 0.00856. The molecule has 0 saturated heterocycles. The van der Waals surface area contributed by atoms with Gasteiger partial charge in [-0.1, -0.05) is 54.6 Å². The lowest BCUT2D eigenvalue weighted by Gasteiger charge is -2.18. The molecule has 0 aliphatic carbocycles. The van der Waals surface area contributed by atoms with Crippen molar-refractivity contribution in [3.63, 3.8) is 0 Å². The predicted molar refractivity (Wildman–Crippen MR) is 138 cm³/mol. The van der Waals surface area contributed by atoms with Gasteiger partial charge in [0.25, 0.3) is 0 Å². The summed E-state index contributed by atoms with van der Waals surface area (Å²) in [6, 6.07) is 19.5. The number of fused-ring (bicyclic) bond motifs is 1. The van der Waals surface area contributed by atoms with E-state index in [0.717, 1.165) is 34.0 Å². The number of halogens is 2. The Labute approximate surface area is 213 Å². The van der Waals surface area contributed by atoms with Gasteiger partial charge in [-0.05, 0) is 53.1 Å². The minimum atomic E-state index is -1.01. The summed E-state index contributed by atoms with van der Waals surface area (Å²) < 4.78 is 32.6. The number of carbonyl (C=O) groups is 2. The monoisotopic (exact) mass is 503 g/mol. The number of aryl methyl sites for hydroxylation is 1. The van der Waals surface area contributed by atoms with Gasteiger partial charge in [0.05, 0.1) is 12.6 Å². The number of hydrogen-bond donors (Lipinski definition) is 2. The van der Waals surface area contributed by atoms with Gasteiger partial charge in [0.1, 0.15) is 12.4 Å². The topological polar surface area (TPSA) is 94.3 Å². The smallest absolute Gasteiger partial charge is 0.246 e. The maximum Gasteiger partial charge on any atom is 0.246 e. The predicted octanol–water partition coefficient (Wildman–Crippen LogP) is 4.54. The van der Waals surface area contributed by atoms with Crippen LogP contribution in [0.2, 0.25) is 0 Å². The van der Waals surface area contributed by atoms with Gasteiger partial charge in [-0.3, -0.25) is 9.59 Å². The molecule has 6 nitrogen and oxygen atoms in total. The fourth-order valence-corrected chi connectivity index (χ4v) is 4.07. The molecular formula is C29H27F2N3O3. The van der Waals surface area contributed by atoms with E-state index in [0.29, 0.717) is 17.8 Å². The summed E-state index contributed by atoms with van der Waals surface area (Å²) >= 11 is 0. The lowest BCUT2D eigenvalue weighted by atomic mass is 9.97. The molecule has 0 radical (unpaired) electrons. The first-order valence-corrected chi connectivity index (χ1v) is 11.9. The molecular weight excluding hydrogens is 476 g/mol. The molecule has 0 aliphatic heterocycles. The molecule has 1 aromatic heterocycles. The van der Waals surface area contributed by atoms with E-state index in [2.05, 4.69) is 10.3 Å². The van der Waals surface area contributed by atoms with E-state index in [-0.39, 0.29) is 31.8 Å². The number of Topliss-reactive ketones (excluding diaryl/α,β-unsaturated/α-hetero) is 1. The maximum absolute atomic E-state index is 13.8. The van der Waals surface area contributed by atoms with Crippen molar-refractivity contribution in [2.75, 3.05) is 12.3 Å². The Morgan fingerprint density at radius 2 is 1.70 bits per heavy atom. The number of hydrogen-bond acceptors (Lipinski definition) is 5. The van der Waals surface area contributed by atoms with Crippen LogP contribution >= 0.6 is 0 Å². The molecule has 0 aliphatic rings. The zero-order valence-corrected chi connectivity index (χ0v) is 20.1. The van der Waals surface area contributed by atoms with Gasteiger partial charge in [0.15, 0.2) is 17.4 Å². The molecule has 0 unspecified atom stereocenters. The number of nitrogens with two attached hydrogens (primary N) is 1. The van der Waals surface area contributed by atoms with Crippen molar-refractivity contribution in [2.45, 2.75) is 31.9 Å². The molecule has 0 fully saturated rings. The third kappa shape index (κ3) is 7.17. The first kappa shape index (κ1) is 25.9. The Morgan fingerprint density at radius 1 is 0.919 bits per heavy atom. The highest BCUT2D eigenvalue weighted by molar-refractivity contribution is 5.92. The van der Waals surface area contributed by atoms with Crippen LogP contribution in [0.25, 0.3) is 10.8 Å². The lowest BCUT2D eigenvalue weighted by molar-refractivity contribution is -0.131. The summed E-state index contributed by atoms with van der Waals surface area (Å²) in [5.41, 5.74) is 8.15. The number of aromatic nitrogens is 1.